The fraction of sp³-hybridized carbons (Fsp3) is 1.00. The summed E-state index contributed by atoms with van der Waals surface area (Å²) in [6.45, 7) is 13.2. The average molecular weight is 306 g/mol. The summed E-state index contributed by atoms with van der Waals surface area (Å²) in [6, 6.07) is 0. The van der Waals surface area contributed by atoms with E-state index in [1.807, 2.05) is 0 Å². The van der Waals surface area contributed by atoms with Crippen LogP contribution < -0.4 is 0 Å². The molecule has 0 aromatic heterocycles. The maximum absolute atomic E-state index is 3.61. The Labute approximate surface area is 115 Å². The van der Waals surface area contributed by atoms with Crippen molar-refractivity contribution in [2.75, 3.05) is 65.2 Å². The van der Waals surface area contributed by atoms with Crippen molar-refractivity contribution in [2.24, 2.45) is 5.41 Å². The van der Waals surface area contributed by atoms with E-state index in [0.29, 0.717) is 5.41 Å². The van der Waals surface area contributed by atoms with Crippen LogP contribution >= 0.6 is 15.9 Å². The smallest absolute Gasteiger partial charge is 0.0110 e. The monoisotopic (exact) mass is 305 g/mol. The quantitative estimate of drug-likeness (QED) is 0.690. The van der Waals surface area contributed by atoms with Gasteiger partial charge in [0.2, 0.25) is 0 Å². The van der Waals surface area contributed by atoms with Crippen LogP contribution in [0.4, 0.5) is 0 Å². The van der Waals surface area contributed by atoms with E-state index in [1.165, 1.54) is 45.8 Å². The molecule has 1 aliphatic heterocycles. The van der Waals surface area contributed by atoms with Crippen LogP contribution in [0.1, 0.15) is 13.8 Å². The predicted molar refractivity (Wildman–Crippen MR) is 79.0 cm³/mol. The number of piperazine rings is 1. The van der Waals surface area contributed by atoms with Crippen LogP contribution in [0.25, 0.3) is 0 Å². The first-order valence-corrected chi connectivity index (χ1v) is 7.70. The minimum absolute atomic E-state index is 0.395. The van der Waals surface area contributed by atoms with E-state index in [1.54, 1.807) is 0 Å². The van der Waals surface area contributed by atoms with Crippen LogP contribution in [0.5, 0.6) is 0 Å². The van der Waals surface area contributed by atoms with Gasteiger partial charge in [0.1, 0.15) is 0 Å². The molecule has 0 N–H and O–H groups in total. The van der Waals surface area contributed by atoms with Crippen molar-refractivity contribution in [1.29, 1.82) is 0 Å². The Balaban J connectivity index is 2.21. The molecule has 0 spiro atoms. The Bertz CT molecular complexity index is 211. The summed E-state index contributed by atoms with van der Waals surface area (Å²) in [4.78, 5) is 7.45. The molecule has 3 nitrogen and oxygen atoms in total. The minimum atomic E-state index is 0.395. The average Bonchev–Trinajstić information content (AvgIpc) is 2.28. The molecule has 0 unspecified atom stereocenters. The molecule has 4 heteroatoms. The van der Waals surface area contributed by atoms with E-state index >= 15 is 0 Å². The van der Waals surface area contributed by atoms with Crippen molar-refractivity contribution >= 4 is 15.9 Å². The number of hydrogen-bond donors (Lipinski definition) is 0. The molecular formula is C13H28BrN3. The molecular weight excluding hydrogens is 278 g/mol. The van der Waals surface area contributed by atoms with Gasteiger partial charge in [0.05, 0.1) is 0 Å². The second kappa shape index (κ2) is 7.07. The Morgan fingerprint density at radius 2 is 1.59 bits per heavy atom. The van der Waals surface area contributed by atoms with Crippen molar-refractivity contribution < 1.29 is 0 Å². The van der Waals surface area contributed by atoms with E-state index in [4.69, 9.17) is 0 Å². The second-order valence-corrected chi connectivity index (χ2v) is 6.78. The maximum atomic E-state index is 3.61. The van der Waals surface area contributed by atoms with Gasteiger partial charge in [-0.15, -0.1) is 0 Å². The van der Waals surface area contributed by atoms with Crippen molar-refractivity contribution in [3.8, 4) is 0 Å². The molecule has 0 aliphatic carbocycles. The highest BCUT2D eigenvalue weighted by Gasteiger charge is 2.23. The lowest BCUT2D eigenvalue weighted by molar-refractivity contribution is 0.0995. The first-order chi connectivity index (χ1) is 7.93. The highest BCUT2D eigenvalue weighted by atomic mass is 79.9. The van der Waals surface area contributed by atoms with Gasteiger partial charge in [-0.1, -0.05) is 29.8 Å². The maximum Gasteiger partial charge on any atom is 0.0110 e. The van der Waals surface area contributed by atoms with Gasteiger partial charge in [-0.25, -0.2) is 0 Å². The standard InChI is InChI=1S/C13H28BrN3/c1-13(2,11-14)12-17-9-7-16(8-10-17)6-5-15(3)4/h5-12H2,1-4H3. The Morgan fingerprint density at radius 3 is 2.06 bits per heavy atom. The van der Waals surface area contributed by atoms with Crippen LogP contribution in [0.3, 0.4) is 0 Å². The number of halogens is 1. The Hall–Kier alpha value is 0.360. The lowest BCUT2D eigenvalue weighted by Gasteiger charge is -2.38. The molecule has 1 rings (SSSR count). The van der Waals surface area contributed by atoms with Gasteiger partial charge < -0.3 is 9.80 Å². The zero-order chi connectivity index (χ0) is 12.9. The summed E-state index contributed by atoms with van der Waals surface area (Å²) in [6.07, 6.45) is 0. The lowest BCUT2D eigenvalue weighted by atomic mass is 9.95. The number of rotatable bonds is 6. The molecule has 0 aromatic rings. The van der Waals surface area contributed by atoms with Gasteiger partial charge in [0.25, 0.3) is 0 Å². The fourth-order valence-corrected chi connectivity index (χ4v) is 2.34. The number of hydrogen-bond acceptors (Lipinski definition) is 3. The molecule has 0 amide bonds. The molecule has 17 heavy (non-hydrogen) atoms. The summed E-state index contributed by atoms with van der Waals surface area (Å²) < 4.78 is 0. The fourth-order valence-electron chi connectivity index (χ4n) is 2.16. The molecule has 0 aromatic carbocycles. The minimum Gasteiger partial charge on any atom is -0.308 e. The van der Waals surface area contributed by atoms with Gasteiger partial charge in [-0.3, -0.25) is 4.90 Å². The SMILES string of the molecule is CN(C)CCN1CCN(CC(C)(C)CBr)CC1. The van der Waals surface area contributed by atoms with Crippen LogP contribution in [0, 0.1) is 5.41 Å². The lowest BCUT2D eigenvalue weighted by Crippen LogP contribution is -2.50. The zero-order valence-corrected chi connectivity index (χ0v) is 13.5. The highest BCUT2D eigenvalue weighted by molar-refractivity contribution is 9.09. The second-order valence-electron chi connectivity index (χ2n) is 6.22. The van der Waals surface area contributed by atoms with Gasteiger partial charge >= 0.3 is 0 Å². The summed E-state index contributed by atoms with van der Waals surface area (Å²) in [5.74, 6) is 0. The Morgan fingerprint density at radius 1 is 1.06 bits per heavy atom. The van der Waals surface area contributed by atoms with Crippen LogP contribution in [-0.2, 0) is 0 Å². The normalized spacial score (nSPS) is 20.1. The third-order valence-electron chi connectivity index (χ3n) is 3.34. The van der Waals surface area contributed by atoms with E-state index in [-0.39, 0.29) is 0 Å². The predicted octanol–water partition coefficient (Wildman–Crippen LogP) is 1.59. The molecule has 0 radical (unpaired) electrons. The molecule has 0 atom stereocenters. The summed E-state index contributed by atoms with van der Waals surface area (Å²) in [5, 5.41) is 1.08. The van der Waals surface area contributed by atoms with E-state index < -0.39 is 0 Å². The van der Waals surface area contributed by atoms with Crippen LogP contribution in [0.2, 0.25) is 0 Å². The third kappa shape index (κ3) is 6.18. The van der Waals surface area contributed by atoms with Gasteiger partial charge in [-0.05, 0) is 19.5 Å². The summed E-state index contributed by atoms with van der Waals surface area (Å²) >= 11 is 3.61. The van der Waals surface area contributed by atoms with Crippen molar-refractivity contribution in [3.05, 3.63) is 0 Å². The molecule has 0 saturated carbocycles. The molecule has 1 saturated heterocycles. The van der Waals surface area contributed by atoms with Crippen molar-refractivity contribution in [1.82, 2.24) is 14.7 Å². The zero-order valence-electron chi connectivity index (χ0n) is 11.9. The molecule has 1 fully saturated rings. The van der Waals surface area contributed by atoms with Gasteiger partial charge in [-0.2, -0.15) is 0 Å². The van der Waals surface area contributed by atoms with Crippen molar-refractivity contribution in [3.63, 3.8) is 0 Å². The van der Waals surface area contributed by atoms with E-state index in [9.17, 15) is 0 Å². The molecule has 1 aliphatic rings. The largest absolute Gasteiger partial charge is 0.308 e. The summed E-state index contributed by atoms with van der Waals surface area (Å²) in [7, 11) is 4.30. The van der Waals surface area contributed by atoms with Crippen LogP contribution in [-0.4, -0.2) is 79.9 Å². The molecule has 0 bridgehead atoms. The van der Waals surface area contributed by atoms with E-state index in [2.05, 4.69) is 58.6 Å². The third-order valence-corrected chi connectivity index (χ3v) is 4.86. The molecule has 1 heterocycles. The first-order valence-electron chi connectivity index (χ1n) is 6.58. The van der Waals surface area contributed by atoms with Crippen molar-refractivity contribution in [2.45, 2.75) is 13.8 Å². The number of likely N-dealkylation sites (N-methyl/N-ethyl adjacent to an activating group) is 1. The summed E-state index contributed by atoms with van der Waals surface area (Å²) in [5.41, 5.74) is 0.395. The van der Waals surface area contributed by atoms with Gasteiger partial charge in [0.15, 0.2) is 0 Å². The number of alkyl halides is 1. The number of nitrogens with zero attached hydrogens (tertiary/aromatic N) is 3. The van der Waals surface area contributed by atoms with Crippen LogP contribution in [0.15, 0.2) is 0 Å². The van der Waals surface area contributed by atoms with E-state index in [0.717, 1.165) is 5.33 Å². The highest BCUT2D eigenvalue weighted by Crippen LogP contribution is 2.20. The van der Waals surface area contributed by atoms with Gasteiger partial charge in [0, 0.05) is 51.1 Å². The first kappa shape index (κ1) is 15.4. The topological polar surface area (TPSA) is 9.72 Å². The Kier molecular flexibility index (Phi) is 6.41. The molecule has 102 valence electrons.